The van der Waals surface area contributed by atoms with Gasteiger partial charge in [-0.2, -0.15) is 5.10 Å². The Hall–Kier alpha value is -0.614. The van der Waals surface area contributed by atoms with E-state index in [-0.39, 0.29) is 17.1 Å². The molecule has 31 heavy (non-hydrogen) atoms. The van der Waals surface area contributed by atoms with Crippen LogP contribution in [0.4, 0.5) is 0 Å². The first-order valence-electron chi connectivity index (χ1n) is 10.8. The minimum atomic E-state index is -1.43. The monoisotopic (exact) mass is 474 g/mol. The summed E-state index contributed by atoms with van der Waals surface area (Å²) in [7, 11) is 0.343. The summed E-state index contributed by atoms with van der Waals surface area (Å²) in [6, 6.07) is 11.0. The maximum absolute atomic E-state index is 5.41. The number of rotatable bonds is 6. The number of methoxy groups -OCH3 is 1. The molecule has 0 amide bonds. The van der Waals surface area contributed by atoms with Crippen LogP contribution in [-0.4, -0.2) is 45.1 Å². The predicted molar refractivity (Wildman–Crippen MR) is 129 cm³/mol. The summed E-state index contributed by atoms with van der Waals surface area (Å²) < 4.78 is 5.41. The summed E-state index contributed by atoms with van der Waals surface area (Å²) in [5, 5.41) is 7.40. The van der Waals surface area contributed by atoms with E-state index < -0.39 is 8.07 Å². The molecule has 2 saturated carbocycles. The number of nitrogens with zero attached hydrogens (tertiary/aromatic N) is 2. The van der Waals surface area contributed by atoms with Crippen molar-refractivity contribution in [3.05, 3.63) is 98.7 Å². The predicted octanol–water partition coefficient (Wildman–Crippen LogP) is 5.17. The summed E-state index contributed by atoms with van der Waals surface area (Å²) in [4.78, 5) is 0. The Morgan fingerprint density at radius 1 is 1.00 bits per heavy atom. The first-order chi connectivity index (χ1) is 14.5. The molecule has 1 saturated heterocycles. The Kier molecular flexibility index (Phi) is 11.3. The maximum atomic E-state index is 5.41. The van der Waals surface area contributed by atoms with Gasteiger partial charge in [0.05, 0.1) is 26.4 Å². The molecule has 1 aromatic rings. The van der Waals surface area contributed by atoms with Crippen LogP contribution in [0.2, 0.25) is 19.6 Å². The Morgan fingerprint density at radius 3 is 2.23 bits per heavy atom. The molecule has 1 atom stereocenters. The molecule has 5 heteroatoms. The fourth-order valence-electron chi connectivity index (χ4n) is 3.91. The van der Waals surface area contributed by atoms with E-state index in [4.69, 9.17) is 9.84 Å². The van der Waals surface area contributed by atoms with Crippen molar-refractivity contribution in [2.75, 3.05) is 20.3 Å². The van der Waals surface area contributed by atoms with Crippen LogP contribution in [0, 0.1) is 62.8 Å². The molecule has 10 radical (unpaired) electrons. The first kappa shape index (κ1) is 26.6. The van der Waals surface area contributed by atoms with Gasteiger partial charge in [0.2, 0.25) is 0 Å². The molecule has 164 valence electrons. The van der Waals surface area contributed by atoms with Crippen molar-refractivity contribution in [2.45, 2.75) is 38.5 Å². The Morgan fingerprint density at radius 2 is 1.65 bits per heavy atom. The normalized spacial score (nSPS) is 22.9. The average molecular weight is 475 g/mol. The molecular weight excluding hydrogens is 440 g/mol. The fraction of sp³-hybridized carbons (Fsp3) is 0.346. The summed E-state index contributed by atoms with van der Waals surface area (Å²) in [5.41, 5.74) is 3.78. The number of benzene rings is 1. The van der Waals surface area contributed by atoms with Gasteiger partial charge in [-0.05, 0) is 75.3 Å². The van der Waals surface area contributed by atoms with Crippen molar-refractivity contribution in [3.63, 3.8) is 0 Å². The zero-order chi connectivity index (χ0) is 21.4. The summed E-state index contributed by atoms with van der Waals surface area (Å²) >= 11 is 0. The Balaban J connectivity index is 0.000000501. The van der Waals surface area contributed by atoms with Gasteiger partial charge in [0.25, 0.3) is 0 Å². The third-order valence-corrected chi connectivity index (χ3v) is 7.47. The van der Waals surface area contributed by atoms with E-state index in [1.807, 2.05) is 32.1 Å². The van der Waals surface area contributed by atoms with Gasteiger partial charge in [-0.3, -0.25) is 5.01 Å². The molecule has 0 bridgehead atoms. The van der Waals surface area contributed by atoms with Crippen LogP contribution in [0.1, 0.15) is 18.4 Å². The Labute approximate surface area is 202 Å². The van der Waals surface area contributed by atoms with Gasteiger partial charge in [-0.25, -0.2) is 0 Å². The summed E-state index contributed by atoms with van der Waals surface area (Å²) in [5.74, 6) is 1.30. The second kappa shape index (κ2) is 13.2. The van der Waals surface area contributed by atoms with Gasteiger partial charge in [-0.1, -0.05) is 50.0 Å². The molecule has 0 N–H and O–H groups in total. The topological polar surface area (TPSA) is 24.8 Å². The second-order valence-electron chi connectivity index (χ2n) is 8.79. The third kappa shape index (κ3) is 7.73. The molecular formula is C26H34FeN2OSi+2. The molecule has 1 heterocycles. The zero-order valence-corrected chi connectivity index (χ0v) is 21.2. The van der Waals surface area contributed by atoms with Crippen LogP contribution in [0.5, 0.6) is 0 Å². The van der Waals surface area contributed by atoms with Gasteiger partial charge in [0, 0.05) is 19.6 Å². The molecule has 1 aliphatic heterocycles. The fourth-order valence-corrected chi connectivity index (χ4v) is 5.51. The van der Waals surface area contributed by atoms with E-state index in [1.165, 1.54) is 23.4 Å². The van der Waals surface area contributed by atoms with Crippen LogP contribution < -0.4 is 0 Å². The van der Waals surface area contributed by atoms with E-state index in [0.29, 0.717) is 6.04 Å². The van der Waals surface area contributed by atoms with Crippen molar-refractivity contribution < 1.29 is 21.8 Å². The van der Waals surface area contributed by atoms with Gasteiger partial charge >= 0.3 is 17.1 Å². The molecule has 0 spiro atoms. The third-order valence-electron chi connectivity index (χ3n) is 5.42. The van der Waals surface area contributed by atoms with E-state index in [9.17, 15) is 0 Å². The summed E-state index contributed by atoms with van der Waals surface area (Å²) in [6.45, 7) is 8.95. The minimum absolute atomic E-state index is 0. The molecule has 0 aromatic heterocycles. The van der Waals surface area contributed by atoms with Crippen molar-refractivity contribution in [1.29, 1.82) is 0 Å². The molecule has 4 rings (SSSR count). The van der Waals surface area contributed by atoms with Crippen molar-refractivity contribution >= 4 is 13.8 Å². The number of hydrogen-bond donors (Lipinski definition) is 0. The zero-order valence-electron chi connectivity index (χ0n) is 19.1. The van der Waals surface area contributed by atoms with Crippen LogP contribution in [0.25, 0.3) is 0 Å². The number of ether oxygens (including phenoxy) is 1. The molecule has 0 unspecified atom stereocenters. The van der Waals surface area contributed by atoms with E-state index in [0.717, 1.165) is 25.3 Å². The smallest absolute Gasteiger partial charge is 0.382 e. The van der Waals surface area contributed by atoms with E-state index >= 15 is 0 Å². The van der Waals surface area contributed by atoms with Gasteiger partial charge in [0.1, 0.15) is 0 Å². The standard InChI is InChI=1S/C21H29N2OSi.C5H5.Fe/c1-24-16-18-12-9-15-23(18)22-21(17-10-6-5-7-11-17)19-13-8-14-20(19)25(2,3)4;1-2-4-5-3-1;/h5-8,10-11,13-14,18H,9,12,15-16H2,1-4H3;1-5H;/q;;+2/b22-21+;;/t18-;;/m0../s1. The SMILES string of the molecule is COC[C@@H]1CCCN1/N=C(/[C]1[CH][CH][CH][C]1[Si](C)(C)C)c1ccccc1.[CH]1[CH][CH][CH][CH]1.[Fe+2]. The Bertz CT molecular complexity index is 650. The minimum Gasteiger partial charge on any atom is -0.382 e. The molecule has 3 aliphatic rings. The van der Waals surface area contributed by atoms with Crippen LogP contribution in [0.15, 0.2) is 35.4 Å². The largest absolute Gasteiger partial charge is 2.00 e. The number of hydrazone groups is 1. The van der Waals surface area contributed by atoms with Gasteiger partial charge in [-0.15, -0.1) is 0 Å². The van der Waals surface area contributed by atoms with Crippen molar-refractivity contribution in [3.8, 4) is 0 Å². The quantitative estimate of drug-likeness (QED) is 0.420. The van der Waals surface area contributed by atoms with E-state index in [1.54, 1.807) is 7.11 Å². The van der Waals surface area contributed by atoms with Crippen LogP contribution in [-0.2, 0) is 21.8 Å². The average Bonchev–Trinajstić information content (AvgIpc) is 3.49. The molecule has 1 aromatic carbocycles. The van der Waals surface area contributed by atoms with Crippen LogP contribution >= 0.6 is 0 Å². The first-order valence-corrected chi connectivity index (χ1v) is 14.3. The maximum Gasteiger partial charge on any atom is 2.00 e. The van der Waals surface area contributed by atoms with Crippen molar-refractivity contribution in [1.82, 2.24) is 5.01 Å². The number of hydrogen-bond acceptors (Lipinski definition) is 3. The summed E-state index contributed by atoms with van der Waals surface area (Å²) in [6.07, 6.45) is 19.0. The molecule has 3 fully saturated rings. The van der Waals surface area contributed by atoms with Crippen molar-refractivity contribution in [2.24, 2.45) is 5.10 Å². The second-order valence-corrected chi connectivity index (χ2v) is 13.8. The van der Waals surface area contributed by atoms with Gasteiger partial charge in [0.15, 0.2) is 0 Å². The van der Waals surface area contributed by atoms with E-state index in [2.05, 4.69) is 74.2 Å². The van der Waals surface area contributed by atoms with Crippen LogP contribution in [0.3, 0.4) is 0 Å². The molecule has 2 aliphatic carbocycles. The van der Waals surface area contributed by atoms with Gasteiger partial charge < -0.3 is 4.74 Å². The molecule has 3 nitrogen and oxygen atoms in total.